The van der Waals surface area contributed by atoms with Gasteiger partial charge in [0.25, 0.3) is 0 Å². The molecule has 20 heavy (non-hydrogen) atoms. The van der Waals surface area contributed by atoms with Crippen molar-refractivity contribution in [3.05, 3.63) is 41.6 Å². The first-order valence-electron chi connectivity index (χ1n) is 6.68. The molecule has 1 aliphatic heterocycles. The first kappa shape index (κ1) is 13.4. The molecule has 1 aliphatic rings. The van der Waals surface area contributed by atoms with Crippen molar-refractivity contribution in [2.24, 2.45) is 0 Å². The van der Waals surface area contributed by atoms with Crippen LogP contribution in [0.1, 0.15) is 17.5 Å². The predicted molar refractivity (Wildman–Crippen MR) is 82.0 cm³/mol. The summed E-state index contributed by atoms with van der Waals surface area (Å²) in [5.74, 6) is 0. The first-order valence-corrected chi connectivity index (χ1v) is 8.53. The van der Waals surface area contributed by atoms with Gasteiger partial charge >= 0.3 is 0 Å². The van der Waals surface area contributed by atoms with Crippen LogP contribution in [-0.4, -0.2) is 37.1 Å². The van der Waals surface area contributed by atoms with Crippen LogP contribution < -0.4 is 0 Å². The van der Waals surface area contributed by atoms with Gasteiger partial charge in [0.2, 0.25) is 10.0 Å². The van der Waals surface area contributed by atoms with Crippen LogP contribution in [0.4, 0.5) is 0 Å². The van der Waals surface area contributed by atoms with Crippen LogP contribution in [-0.2, 0) is 10.0 Å². The summed E-state index contributed by atoms with van der Waals surface area (Å²) in [4.78, 5) is 3.32. The normalized spacial score (nSPS) is 17.4. The van der Waals surface area contributed by atoms with Crippen LogP contribution >= 0.6 is 0 Å². The van der Waals surface area contributed by atoms with Gasteiger partial charge in [0.1, 0.15) is 0 Å². The molecule has 106 valence electrons. The highest BCUT2D eigenvalue weighted by molar-refractivity contribution is 7.88. The average Bonchev–Trinajstić information content (AvgIpc) is 2.83. The van der Waals surface area contributed by atoms with Crippen molar-refractivity contribution in [2.75, 3.05) is 19.3 Å². The SMILES string of the molecule is Cc1cccc2c(C3=CCN(S(C)(=O)=O)CC3)c[nH]c12. The van der Waals surface area contributed by atoms with Crippen LogP contribution in [0.2, 0.25) is 0 Å². The molecule has 2 aromatic rings. The molecule has 1 aromatic heterocycles. The van der Waals surface area contributed by atoms with E-state index in [1.165, 1.54) is 32.6 Å². The summed E-state index contributed by atoms with van der Waals surface area (Å²) in [6.45, 7) is 3.11. The molecule has 0 bridgehead atoms. The third kappa shape index (κ3) is 2.27. The van der Waals surface area contributed by atoms with Crippen molar-refractivity contribution in [1.29, 1.82) is 0 Å². The summed E-state index contributed by atoms with van der Waals surface area (Å²) in [5, 5.41) is 1.21. The summed E-state index contributed by atoms with van der Waals surface area (Å²) < 4.78 is 24.6. The number of nitrogens with zero attached hydrogens (tertiary/aromatic N) is 1. The van der Waals surface area contributed by atoms with Crippen molar-refractivity contribution >= 4 is 26.5 Å². The molecule has 0 saturated carbocycles. The van der Waals surface area contributed by atoms with Crippen molar-refractivity contribution in [3.8, 4) is 0 Å². The zero-order valence-corrected chi connectivity index (χ0v) is 12.5. The Bertz CT molecular complexity index is 787. The van der Waals surface area contributed by atoms with E-state index in [2.05, 4.69) is 30.1 Å². The number of aromatic nitrogens is 1. The number of nitrogens with one attached hydrogen (secondary N) is 1. The Morgan fingerprint density at radius 1 is 1.30 bits per heavy atom. The summed E-state index contributed by atoms with van der Waals surface area (Å²) in [6, 6.07) is 6.25. The van der Waals surface area contributed by atoms with Crippen LogP contribution in [0, 0.1) is 6.92 Å². The van der Waals surface area contributed by atoms with E-state index in [4.69, 9.17) is 0 Å². The topological polar surface area (TPSA) is 53.2 Å². The molecular formula is C15H18N2O2S. The van der Waals surface area contributed by atoms with E-state index in [9.17, 15) is 8.42 Å². The number of fused-ring (bicyclic) bond motifs is 1. The van der Waals surface area contributed by atoms with Gasteiger partial charge in [-0.15, -0.1) is 0 Å². The second-order valence-corrected chi connectivity index (χ2v) is 7.28. The molecule has 1 N–H and O–H groups in total. The number of rotatable bonds is 2. The molecule has 0 atom stereocenters. The van der Waals surface area contributed by atoms with Gasteiger partial charge in [-0.1, -0.05) is 24.3 Å². The zero-order chi connectivity index (χ0) is 14.3. The van der Waals surface area contributed by atoms with Gasteiger partial charge in [0.15, 0.2) is 0 Å². The number of benzene rings is 1. The first-order chi connectivity index (χ1) is 9.47. The van der Waals surface area contributed by atoms with Gasteiger partial charge in [-0.2, -0.15) is 4.31 Å². The average molecular weight is 290 g/mol. The molecule has 0 saturated heterocycles. The third-order valence-corrected chi connectivity index (χ3v) is 5.18. The Balaban J connectivity index is 1.98. The smallest absolute Gasteiger partial charge is 0.211 e. The maximum absolute atomic E-state index is 11.5. The Labute approximate surface area is 119 Å². The lowest BCUT2D eigenvalue weighted by atomic mass is 9.99. The largest absolute Gasteiger partial charge is 0.360 e. The molecule has 0 aliphatic carbocycles. The summed E-state index contributed by atoms with van der Waals surface area (Å²) in [5.41, 5.74) is 4.80. The van der Waals surface area contributed by atoms with Crippen molar-refractivity contribution in [2.45, 2.75) is 13.3 Å². The molecule has 0 fully saturated rings. The number of hydrogen-bond acceptors (Lipinski definition) is 2. The fraction of sp³-hybridized carbons (Fsp3) is 0.333. The van der Waals surface area contributed by atoms with Crippen LogP contribution in [0.3, 0.4) is 0 Å². The van der Waals surface area contributed by atoms with E-state index in [0.29, 0.717) is 13.1 Å². The molecule has 0 spiro atoms. The lowest BCUT2D eigenvalue weighted by Crippen LogP contribution is -2.33. The highest BCUT2D eigenvalue weighted by atomic mass is 32.2. The number of H-pyrrole nitrogens is 1. The van der Waals surface area contributed by atoms with Gasteiger partial charge < -0.3 is 4.98 Å². The van der Waals surface area contributed by atoms with E-state index in [1.807, 2.05) is 12.3 Å². The number of aryl methyl sites for hydroxylation is 1. The Morgan fingerprint density at radius 3 is 2.75 bits per heavy atom. The minimum Gasteiger partial charge on any atom is -0.360 e. The standard InChI is InChI=1S/C15H18N2O2S/c1-11-4-3-5-13-14(10-16-15(11)13)12-6-8-17(9-7-12)20(2,18)19/h3-6,10,16H,7-9H2,1-2H3. The maximum Gasteiger partial charge on any atom is 0.211 e. The van der Waals surface area contributed by atoms with Gasteiger partial charge in [-0.05, 0) is 24.5 Å². The number of sulfonamides is 1. The fourth-order valence-corrected chi connectivity index (χ4v) is 3.54. The lowest BCUT2D eigenvalue weighted by molar-refractivity contribution is 0.446. The maximum atomic E-state index is 11.5. The van der Waals surface area contributed by atoms with Crippen molar-refractivity contribution < 1.29 is 8.42 Å². The van der Waals surface area contributed by atoms with E-state index < -0.39 is 10.0 Å². The predicted octanol–water partition coefficient (Wildman–Crippen LogP) is 2.53. The fourth-order valence-electron chi connectivity index (χ4n) is 2.77. The molecule has 5 heteroatoms. The molecule has 1 aromatic carbocycles. The quantitative estimate of drug-likeness (QED) is 0.924. The zero-order valence-electron chi connectivity index (χ0n) is 11.7. The minimum atomic E-state index is -3.09. The Morgan fingerprint density at radius 2 is 2.10 bits per heavy atom. The monoisotopic (exact) mass is 290 g/mol. The molecule has 0 radical (unpaired) electrons. The van der Waals surface area contributed by atoms with E-state index >= 15 is 0 Å². The second kappa shape index (κ2) is 4.75. The van der Waals surface area contributed by atoms with Gasteiger partial charge in [-0.3, -0.25) is 0 Å². The summed E-state index contributed by atoms with van der Waals surface area (Å²) in [6.07, 6.45) is 6.07. The van der Waals surface area contributed by atoms with E-state index in [1.54, 1.807) is 0 Å². The van der Waals surface area contributed by atoms with Crippen molar-refractivity contribution in [3.63, 3.8) is 0 Å². The molecule has 0 unspecified atom stereocenters. The number of para-hydroxylation sites is 1. The second-order valence-electron chi connectivity index (χ2n) is 5.30. The van der Waals surface area contributed by atoms with E-state index in [0.717, 1.165) is 11.9 Å². The molecule has 2 heterocycles. The summed E-state index contributed by atoms with van der Waals surface area (Å²) in [7, 11) is -3.09. The van der Waals surface area contributed by atoms with Gasteiger partial charge in [-0.25, -0.2) is 8.42 Å². The van der Waals surface area contributed by atoms with Crippen LogP contribution in [0.25, 0.3) is 16.5 Å². The number of hydrogen-bond donors (Lipinski definition) is 1. The van der Waals surface area contributed by atoms with Crippen LogP contribution in [0.15, 0.2) is 30.5 Å². The molecule has 4 nitrogen and oxygen atoms in total. The van der Waals surface area contributed by atoms with Crippen molar-refractivity contribution in [1.82, 2.24) is 9.29 Å². The third-order valence-electron chi connectivity index (χ3n) is 3.91. The highest BCUT2D eigenvalue weighted by Crippen LogP contribution is 2.30. The Kier molecular flexibility index (Phi) is 3.18. The summed E-state index contributed by atoms with van der Waals surface area (Å²) >= 11 is 0. The lowest BCUT2D eigenvalue weighted by Gasteiger charge is -2.24. The molecular weight excluding hydrogens is 272 g/mol. The van der Waals surface area contributed by atoms with E-state index in [-0.39, 0.29) is 0 Å². The minimum absolute atomic E-state index is 0.465. The Hall–Kier alpha value is -1.59. The van der Waals surface area contributed by atoms with Gasteiger partial charge in [0.05, 0.1) is 6.26 Å². The number of aromatic amines is 1. The van der Waals surface area contributed by atoms with Gasteiger partial charge in [0, 0.05) is 35.8 Å². The molecule has 0 amide bonds. The van der Waals surface area contributed by atoms with Crippen LogP contribution in [0.5, 0.6) is 0 Å². The highest BCUT2D eigenvalue weighted by Gasteiger charge is 2.21. The molecule has 3 rings (SSSR count).